The Labute approximate surface area is 94.4 Å². The molecule has 1 unspecified atom stereocenters. The molecule has 1 rings (SSSR count). The molecular formula is C11H15ClFNO. The van der Waals surface area contributed by atoms with Crippen molar-refractivity contribution < 1.29 is 9.13 Å². The molecule has 0 spiro atoms. The summed E-state index contributed by atoms with van der Waals surface area (Å²) >= 11 is 5.71. The summed E-state index contributed by atoms with van der Waals surface area (Å²) in [5.74, 6) is -0.387. The van der Waals surface area contributed by atoms with Crippen molar-refractivity contribution in [3.63, 3.8) is 0 Å². The van der Waals surface area contributed by atoms with E-state index in [9.17, 15) is 4.39 Å². The number of methoxy groups -OCH3 is 1. The lowest BCUT2D eigenvalue weighted by Crippen LogP contribution is -2.18. The van der Waals surface area contributed by atoms with Crippen molar-refractivity contribution in [2.75, 3.05) is 20.8 Å². The Morgan fingerprint density at radius 2 is 2.27 bits per heavy atom. The van der Waals surface area contributed by atoms with Gasteiger partial charge in [-0.15, -0.1) is 0 Å². The molecule has 0 fully saturated rings. The van der Waals surface area contributed by atoms with Gasteiger partial charge in [0.25, 0.3) is 0 Å². The minimum atomic E-state index is -0.387. The molecule has 0 bridgehead atoms. The zero-order valence-electron chi connectivity index (χ0n) is 8.89. The third-order valence-corrected chi connectivity index (χ3v) is 2.59. The van der Waals surface area contributed by atoms with Crippen LogP contribution in [0, 0.1) is 5.82 Å². The zero-order valence-corrected chi connectivity index (χ0v) is 9.64. The first-order valence-electron chi connectivity index (χ1n) is 4.80. The SMILES string of the molecule is CNC(CCOC)c1ccc(F)c(Cl)c1. The van der Waals surface area contributed by atoms with E-state index < -0.39 is 0 Å². The smallest absolute Gasteiger partial charge is 0.141 e. The Bertz CT molecular complexity index is 319. The van der Waals surface area contributed by atoms with Crippen molar-refractivity contribution >= 4 is 11.6 Å². The molecule has 0 aliphatic heterocycles. The normalized spacial score (nSPS) is 12.8. The number of hydrogen-bond acceptors (Lipinski definition) is 2. The number of ether oxygens (including phenoxy) is 1. The fourth-order valence-corrected chi connectivity index (χ4v) is 1.63. The van der Waals surface area contributed by atoms with Gasteiger partial charge in [-0.05, 0) is 31.2 Å². The van der Waals surface area contributed by atoms with Gasteiger partial charge >= 0.3 is 0 Å². The summed E-state index contributed by atoms with van der Waals surface area (Å²) < 4.78 is 17.9. The number of hydrogen-bond donors (Lipinski definition) is 1. The molecule has 4 heteroatoms. The average molecular weight is 232 g/mol. The third-order valence-electron chi connectivity index (χ3n) is 2.31. The summed E-state index contributed by atoms with van der Waals surface area (Å²) in [6.45, 7) is 0.653. The van der Waals surface area contributed by atoms with Crippen LogP contribution in [0.2, 0.25) is 5.02 Å². The molecule has 15 heavy (non-hydrogen) atoms. The molecule has 84 valence electrons. The van der Waals surface area contributed by atoms with E-state index >= 15 is 0 Å². The first-order valence-corrected chi connectivity index (χ1v) is 5.18. The lowest BCUT2D eigenvalue weighted by Gasteiger charge is -2.16. The van der Waals surface area contributed by atoms with Gasteiger partial charge in [-0.25, -0.2) is 4.39 Å². The first-order chi connectivity index (χ1) is 7.19. The van der Waals surface area contributed by atoms with Gasteiger partial charge in [0.05, 0.1) is 5.02 Å². The second-order valence-corrected chi connectivity index (χ2v) is 3.70. The van der Waals surface area contributed by atoms with Gasteiger partial charge in [-0.3, -0.25) is 0 Å². The van der Waals surface area contributed by atoms with Crippen LogP contribution in [0.15, 0.2) is 18.2 Å². The van der Waals surface area contributed by atoms with Crippen LogP contribution in [-0.2, 0) is 4.74 Å². The summed E-state index contributed by atoms with van der Waals surface area (Å²) in [5, 5.41) is 3.30. The maximum atomic E-state index is 12.9. The summed E-state index contributed by atoms with van der Waals surface area (Å²) in [7, 11) is 3.52. The second kappa shape index (κ2) is 6.05. The maximum Gasteiger partial charge on any atom is 0.141 e. The van der Waals surface area contributed by atoms with E-state index in [0.29, 0.717) is 6.61 Å². The second-order valence-electron chi connectivity index (χ2n) is 3.30. The van der Waals surface area contributed by atoms with E-state index in [-0.39, 0.29) is 16.9 Å². The molecule has 2 nitrogen and oxygen atoms in total. The van der Waals surface area contributed by atoms with Crippen LogP contribution in [0.25, 0.3) is 0 Å². The highest BCUT2D eigenvalue weighted by atomic mass is 35.5. The zero-order chi connectivity index (χ0) is 11.3. The fourth-order valence-electron chi connectivity index (χ4n) is 1.44. The Morgan fingerprint density at radius 1 is 1.53 bits per heavy atom. The van der Waals surface area contributed by atoms with Gasteiger partial charge in [0, 0.05) is 19.8 Å². The molecule has 0 amide bonds. The standard InChI is InChI=1S/C11H15ClFNO/c1-14-11(5-6-15-2)8-3-4-10(13)9(12)7-8/h3-4,7,11,14H,5-6H2,1-2H3. The molecule has 1 aromatic rings. The maximum absolute atomic E-state index is 12.9. The highest BCUT2D eigenvalue weighted by Gasteiger charge is 2.10. The van der Waals surface area contributed by atoms with E-state index in [1.807, 2.05) is 7.05 Å². The van der Waals surface area contributed by atoms with Gasteiger partial charge in [0.2, 0.25) is 0 Å². The van der Waals surface area contributed by atoms with Crippen LogP contribution in [0.1, 0.15) is 18.0 Å². The van der Waals surface area contributed by atoms with E-state index in [4.69, 9.17) is 16.3 Å². The van der Waals surface area contributed by atoms with Gasteiger partial charge in [-0.1, -0.05) is 17.7 Å². The third kappa shape index (κ3) is 3.45. The van der Waals surface area contributed by atoms with Crippen LogP contribution >= 0.6 is 11.6 Å². The fraction of sp³-hybridized carbons (Fsp3) is 0.455. The first kappa shape index (κ1) is 12.4. The molecule has 1 N–H and O–H groups in total. The minimum absolute atomic E-state index is 0.142. The van der Waals surface area contributed by atoms with Crippen LogP contribution in [-0.4, -0.2) is 20.8 Å². The molecule has 1 aromatic carbocycles. The highest BCUT2D eigenvalue weighted by Crippen LogP contribution is 2.22. The highest BCUT2D eigenvalue weighted by molar-refractivity contribution is 6.30. The predicted molar refractivity (Wildman–Crippen MR) is 59.7 cm³/mol. The van der Waals surface area contributed by atoms with Gasteiger partial charge in [0.1, 0.15) is 5.82 Å². The van der Waals surface area contributed by atoms with Crippen LogP contribution in [0.5, 0.6) is 0 Å². The van der Waals surface area contributed by atoms with Crippen LogP contribution in [0.3, 0.4) is 0 Å². The lowest BCUT2D eigenvalue weighted by atomic mass is 10.0. The van der Waals surface area contributed by atoms with Crippen molar-refractivity contribution in [1.82, 2.24) is 5.32 Å². The van der Waals surface area contributed by atoms with Gasteiger partial charge in [0.15, 0.2) is 0 Å². The Morgan fingerprint density at radius 3 is 2.80 bits per heavy atom. The van der Waals surface area contributed by atoms with E-state index in [2.05, 4.69) is 5.32 Å². The Balaban J connectivity index is 2.78. The van der Waals surface area contributed by atoms with Crippen LogP contribution < -0.4 is 5.32 Å². The molecule has 0 radical (unpaired) electrons. The molecular weight excluding hydrogens is 217 g/mol. The number of benzene rings is 1. The molecule has 0 heterocycles. The molecule has 0 saturated carbocycles. The van der Waals surface area contributed by atoms with Crippen molar-refractivity contribution in [2.24, 2.45) is 0 Å². The Hall–Kier alpha value is -0.640. The van der Waals surface area contributed by atoms with Crippen molar-refractivity contribution in [3.05, 3.63) is 34.6 Å². The average Bonchev–Trinajstić information content (AvgIpc) is 2.24. The predicted octanol–water partition coefficient (Wildman–Crippen LogP) is 2.78. The quantitative estimate of drug-likeness (QED) is 0.842. The van der Waals surface area contributed by atoms with Crippen molar-refractivity contribution in [1.29, 1.82) is 0 Å². The van der Waals surface area contributed by atoms with E-state index in [1.54, 1.807) is 19.2 Å². The van der Waals surface area contributed by atoms with Crippen molar-refractivity contribution in [3.8, 4) is 0 Å². The van der Waals surface area contributed by atoms with Gasteiger partial charge in [-0.2, -0.15) is 0 Å². The molecule has 1 atom stereocenters. The largest absolute Gasteiger partial charge is 0.385 e. The van der Waals surface area contributed by atoms with Crippen molar-refractivity contribution in [2.45, 2.75) is 12.5 Å². The minimum Gasteiger partial charge on any atom is -0.385 e. The van der Waals surface area contributed by atoms with E-state index in [1.165, 1.54) is 6.07 Å². The summed E-state index contributed by atoms with van der Waals surface area (Å²) in [4.78, 5) is 0. The molecule has 0 aromatic heterocycles. The lowest BCUT2D eigenvalue weighted by molar-refractivity contribution is 0.184. The van der Waals surface area contributed by atoms with Gasteiger partial charge < -0.3 is 10.1 Å². The summed E-state index contributed by atoms with van der Waals surface area (Å²) in [6, 6.07) is 4.91. The number of rotatable bonds is 5. The monoisotopic (exact) mass is 231 g/mol. The Kier molecular flexibility index (Phi) is 5.02. The molecule has 0 aliphatic carbocycles. The topological polar surface area (TPSA) is 21.3 Å². The molecule has 0 saturated heterocycles. The summed E-state index contributed by atoms with van der Waals surface area (Å²) in [5.41, 5.74) is 0.973. The number of halogens is 2. The summed E-state index contributed by atoms with van der Waals surface area (Å²) in [6.07, 6.45) is 0.828. The number of nitrogens with one attached hydrogen (secondary N) is 1. The van der Waals surface area contributed by atoms with E-state index in [0.717, 1.165) is 12.0 Å². The molecule has 0 aliphatic rings. The van der Waals surface area contributed by atoms with Crippen LogP contribution in [0.4, 0.5) is 4.39 Å².